The van der Waals surface area contributed by atoms with Gasteiger partial charge in [0.15, 0.2) is 0 Å². The number of hydrogen-bond donors (Lipinski definition) is 0. The first kappa shape index (κ1) is 24.2. The molecule has 0 spiro atoms. The molecule has 0 aromatic heterocycles. The van der Waals surface area contributed by atoms with E-state index < -0.39 is 11.9 Å². The molecule has 0 saturated carbocycles. The summed E-state index contributed by atoms with van der Waals surface area (Å²) in [6, 6.07) is 19.4. The molecule has 0 aliphatic rings. The minimum atomic E-state index is -0.453. The molecule has 6 heteroatoms. The van der Waals surface area contributed by atoms with Gasteiger partial charge in [-0.05, 0) is 78.9 Å². The Labute approximate surface area is 194 Å². The van der Waals surface area contributed by atoms with E-state index in [0.717, 1.165) is 24.0 Å². The van der Waals surface area contributed by atoms with Crippen LogP contribution in [-0.2, 0) is 22.3 Å². The van der Waals surface area contributed by atoms with E-state index in [-0.39, 0.29) is 0 Å². The summed E-state index contributed by atoms with van der Waals surface area (Å²) in [5.74, 6) is -0.116. The van der Waals surface area contributed by atoms with Crippen molar-refractivity contribution in [3.63, 3.8) is 0 Å². The Hall–Kier alpha value is -3.48. The molecule has 0 aliphatic carbocycles. The highest BCUT2D eigenvalue weighted by atomic mass is 16.5. The molecule has 0 bridgehead atoms. The van der Waals surface area contributed by atoms with E-state index in [1.807, 2.05) is 24.3 Å². The Kier molecular flexibility index (Phi) is 8.75. The van der Waals surface area contributed by atoms with E-state index in [0.29, 0.717) is 41.4 Å². The SMILES string of the molecule is COCCc1ccc(C(=O)Oc2ccc(OC(=O)c3ccc(CCOC)cc3)c(C)c2)cc1. The fourth-order valence-electron chi connectivity index (χ4n) is 3.18. The molecule has 0 amide bonds. The van der Waals surface area contributed by atoms with Gasteiger partial charge in [0.05, 0.1) is 24.3 Å². The molecule has 0 radical (unpaired) electrons. The summed E-state index contributed by atoms with van der Waals surface area (Å²) in [5.41, 5.74) is 3.76. The second kappa shape index (κ2) is 11.9. The Morgan fingerprint density at radius 2 is 1.15 bits per heavy atom. The van der Waals surface area contributed by atoms with Gasteiger partial charge in [0, 0.05) is 14.2 Å². The van der Waals surface area contributed by atoms with Crippen LogP contribution in [0.3, 0.4) is 0 Å². The number of rotatable bonds is 10. The number of esters is 2. The first-order valence-corrected chi connectivity index (χ1v) is 10.7. The van der Waals surface area contributed by atoms with Gasteiger partial charge in [-0.1, -0.05) is 24.3 Å². The standard InChI is InChI=1S/C27H28O6/c1-19-18-24(32-26(28)22-8-4-20(5-9-22)14-16-30-2)12-13-25(19)33-27(29)23-10-6-21(7-11-23)15-17-31-3/h4-13,18H,14-17H2,1-3H3. The predicted octanol–water partition coefficient (Wildman–Crippen LogP) is 4.81. The highest BCUT2D eigenvalue weighted by Crippen LogP contribution is 2.25. The summed E-state index contributed by atoms with van der Waals surface area (Å²) in [6.07, 6.45) is 1.56. The van der Waals surface area contributed by atoms with Crippen LogP contribution in [0.2, 0.25) is 0 Å². The molecule has 0 atom stereocenters. The lowest BCUT2D eigenvalue weighted by Gasteiger charge is -2.10. The summed E-state index contributed by atoms with van der Waals surface area (Å²) < 4.78 is 21.1. The predicted molar refractivity (Wildman–Crippen MR) is 125 cm³/mol. The van der Waals surface area contributed by atoms with Crippen LogP contribution in [0.25, 0.3) is 0 Å². The number of hydrogen-bond acceptors (Lipinski definition) is 6. The number of methoxy groups -OCH3 is 2. The van der Waals surface area contributed by atoms with Crippen LogP contribution in [0, 0.1) is 6.92 Å². The fourth-order valence-corrected chi connectivity index (χ4v) is 3.18. The maximum atomic E-state index is 12.5. The molecule has 0 aliphatic heterocycles. The second-order valence-electron chi connectivity index (χ2n) is 7.59. The second-order valence-corrected chi connectivity index (χ2v) is 7.59. The summed E-state index contributed by atoms with van der Waals surface area (Å²) >= 11 is 0. The molecule has 33 heavy (non-hydrogen) atoms. The van der Waals surface area contributed by atoms with E-state index in [2.05, 4.69) is 0 Å². The van der Waals surface area contributed by atoms with Gasteiger partial charge in [-0.25, -0.2) is 9.59 Å². The Morgan fingerprint density at radius 3 is 1.61 bits per heavy atom. The van der Waals surface area contributed by atoms with Gasteiger partial charge in [-0.3, -0.25) is 0 Å². The first-order chi connectivity index (χ1) is 16.0. The van der Waals surface area contributed by atoms with Gasteiger partial charge in [0.25, 0.3) is 0 Å². The van der Waals surface area contributed by atoms with Crippen molar-refractivity contribution < 1.29 is 28.5 Å². The molecule has 0 heterocycles. The lowest BCUT2D eigenvalue weighted by Crippen LogP contribution is -2.11. The van der Waals surface area contributed by atoms with Crippen molar-refractivity contribution in [2.75, 3.05) is 27.4 Å². The molecule has 172 valence electrons. The molecular formula is C27H28O6. The van der Waals surface area contributed by atoms with Gasteiger partial charge >= 0.3 is 11.9 Å². The normalized spacial score (nSPS) is 10.6. The van der Waals surface area contributed by atoms with Crippen LogP contribution in [0.4, 0.5) is 0 Å². The highest BCUT2D eigenvalue weighted by molar-refractivity contribution is 5.92. The maximum absolute atomic E-state index is 12.5. The topological polar surface area (TPSA) is 71.1 Å². The van der Waals surface area contributed by atoms with Crippen molar-refractivity contribution in [2.24, 2.45) is 0 Å². The van der Waals surface area contributed by atoms with Crippen molar-refractivity contribution in [1.82, 2.24) is 0 Å². The molecule has 6 nitrogen and oxygen atoms in total. The molecule has 0 saturated heterocycles. The Morgan fingerprint density at radius 1 is 0.667 bits per heavy atom. The molecule has 0 unspecified atom stereocenters. The largest absolute Gasteiger partial charge is 0.423 e. The third kappa shape index (κ3) is 7.00. The van der Waals surface area contributed by atoms with Crippen LogP contribution in [0.15, 0.2) is 66.7 Å². The van der Waals surface area contributed by atoms with E-state index in [4.69, 9.17) is 18.9 Å². The third-order valence-corrected chi connectivity index (χ3v) is 5.13. The Balaban J connectivity index is 1.60. The maximum Gasteiger partial charge on any atom is 0.343 e. The van der Waals surface area contributed by atoms with E-state index >= 15 is 0 Å². The average Bonchev–Trinajstić information content (AvgIpc) is 2.83. The van der Waals surface area contributed by atoms with Crippen molar-refractivity contribution in [1.29, 1.82) is 0 Å². The number of benzene rings is 3. The minimum absolute atomic E-state index is 0.378. The van der Waals surface area contributed by atoms with Gasteiger partial charge in [0.1, 0.15) is 11.5 Å². The van der Waals surface area contributed by atoms with Crippen LogP contribution >= 0.6 is 0 Å². The molecular weight excluding hydrogens is 420 g/mol. The number of carbonyl (C=O) groups excluding carboxylic acids is 2. The fraction of sp³-hybridized carbons (Fsp3) is 0.259. The molecule has 0 N–H and O–H groups in total. The number of carbonyl (C=O) groups is 2. The number of ether oxygens (including phenoxy) is 4. The van der Waals surface area contributed by atoms with E-state index in [1.165, 1.54) is 0 Å². The summed E-state index contributed by atoms with van der Waals surface area (Å²) in [6.45, 7) is 3.04. The van der Waals surface area contributed by atoms with Gasteiger partial charge < -0.3 is 18.9 Å². The van der Waals surface area contributed by atoms with E-state index in [9.17, 15) is 9.59 Å². The van der Waals surface area contributed by atoms with Gasteiger partial charge in [0.2, 0.25) is 0 Å². The van der Waals surface area contributed by atoms with Crippen molar-refractivity contribution in [3.05, 3.63) is 94.5 Å². The van der Waals surface area contributed by atoms with Gasteiger partial charge in [-0.2, -0.15) is 0 Å². The number of aryl methyl sites for hydroxylation is 1. The smallest absolute Gasteiger partial charge is 0.343 e. The van der Waals surface area contributed by atoms with Crippen molar-refractivity contribution in [3.8, 4) is 11.5 Å². The van der Waals surface area contributed by atoms with Crippen LogP contribution in [-0.4, -0.2) is 39.4 Å². The zero-order valence-corrected chi connectivity index (χ0v) is 19.1. The molecule has 0 fully saturated rings. The van der Waals surface area contributed by atoms with Crippen LogP contribution in [0.5, 0.6) is 11.5 Å². The first-order valence-electron chi connectivity index (χ1n) is 10.7. The van der Waals surface area contributed by atoms with Crippen molar-refractivity contribution >= 4 is 11.9 Å². The Bertz CT molecular complexity index is 1070. The minimum Gasteiger partial charge on any atom is -0.423 e. The lowest BCUT2D eigenvalue weighted by atomic mass is 10.1. The van der Waals surface area contributed by atoms with Gasteiger partial charge in [-0.15, -0.1) is 0 Å². The quantitative estimate of drug-likeness (QED) is 0.327. The molecule has 3 aromatic carbocycles. The van der Waals surface area contributed by atoms with Crippen LogP contribution in [0.1, 0.15) is 37.4 Å². The van der Waals surface area contributed by atoms with Crippen molar-refractivity contribution in [2.45, 2.75) is 19.8 Å². The van der Waals surface area contributed by atoms with Crippen LogP contribution < -0.4 is 9.47 Å². The summed E-state index contributed by atoms with van der Waals surface area (Å²) in [4.78, 5) is 24.9. The molecule has 3 rings (SSSR count). The third-order valence-electron chi connectivity index (χ3n) is 5.13. The molecule has 3 aromatic rings. The monoisotopic (exact) mass is 448 g/mol. The lowest BCUT2D eigenvalue weighted by molar-refractivity contribution is 0.0718. The highest BCUT2D eigenvalue weighted by Gasteiger charge is 2.13. The van der Waals surface area contributed by atoms with E-state index in [1.54, 1.807) is 63.6 Å². The summed E-state index contributed by atoms with van der Waals surface area (Å²) in [7, 11) is 3.31. The summed E-state index contributed by atoms with van der Waals surface area (Å²) in [5, 5.41) is 0. The zero-order valence-electron chi connectivity index (χ0n) is 19.1. The average molecular weight is 449 g/mol. The zero-order chi connectivity index (χ0) is 23.6.